The molecule has 1 amide bonds. The van der Waals surface area contributed by atoms with Crippen molar-refractivity contribution >= 4 is 5.91 Å². The highest BCUT2D eigenvalue weighted by atomic mass is 16.5. The van der Waals surface area contributed by atoms with Gasteiger partial charge in [0.2, 0.25) is 5.91 Å². The molecule has 1 heterocycles. The van der Waals surface area contributed by atoms with E-state index < -0.39 is 0 Å². The van der Waals surface area contributed by atoms with Gasteiger partial charge >= 0.3 is 0 Å². The van der Waals surface area contributed by atoms with Crippen LogP contribution in [0.2, 0.25) is 0 Å². The third kappa shape index (κ3) is 4.59. The van der Waals surface area contributed by atoms with Gasteiger partial charge in [0.25, 0.3) is 0 Å². The molecule has 0 aromatic heterocycles. The first-order valence-electron chi connectivity index (χ1n) is 8.65. The molecule has 5 heteroatoms. The molecule has 25 heavy (non-hydrogen) atoms. The van der Waals surface area contributed by atoms with E-state index in [9.17, 15) is 9.90 Å². The number of phenolic OH excluding ortho intramolecular Hbond substituents is 1. The molecule has 0 radical (unpaired) electrons. The van der Waals surface area contributed by atoms with Gasteiger partial charge in [-0.1, -0.05) is 48.5 Å². The average molecular weight is 340 g/mol. The molecule has 5 nitrogen and oxygen atoms in total. The summed E-state index contributed by atoms with van der Waals surface area (Å²) in [6, 6.07) is 17.1. The molecular weight excluding hydrogens is 316 g/mol. The maximum Gasteiger partial charge on any atom is 0.231 e. The molecule has 1 unspecified atom stereocenters. The number of nitrogens with one attached hydrogen (secondary N) is 1. The Kier molecular flexibility index (Phi) is 6.04. The summed E-state index contributed by atoms with van der Waals surface area (Å²) in [5, 5.41) is 13.2. The van der Waals surface area contributed by atoms with Gasteiger partial charge in [-0.05, 0) is 11.6 Å². The maximum absolute atomic E-state index is 13.0. The second kappa shape index (κ2) is 8.65. The van der Waals surface area contributed by atoms with Gasteiger partial charge in [-0.2, -0.15) is 0 Å². The van der Waals surface area contributed by atoms with E-state index >= 15 is 0 Å². The molecule has 2 aromatic carbocycles. The molecular formula is C20H24N2O3. The van der Waals surface area contributed by atoms with E-state index in [1.165, 1.54) is 0 Å². The first-order valence-corrected chi connectivity index (χ1v) is 8.65. The minimum Gasteiger partial charge on any atom is -0.508 e. The van der Waals surface area contributed by atoms with Crippen LogP contribution < -0.4 is 5.32 Å². The number of rotatable bonds is 6. The fourth-order valence-corrected chi connectivity index (χ4v) is 3.05. The van der Waals surface area contributed by atoms with Crippen molar-refractivity contribution in [3.63, 3.8) is 0 Å². The Hall–Kier alpha value is -2.37. The molecule has 1 atom stereocenters. The summed E-state index contributed by atoms with van der Waals surface area (Å²) in [5.74, 6) is 0.148. The quantitative estimate of drug-likeness (QED) is 0.846. The summed E-state index contributed by atoms with van der Waals surface area (Å²) < 4.78 is 5.35. The topological polar surface area (TPSA) is 61.8 Å². The first kappa shape index (κ1) is 17.5. The van der Waals surface area contributed by atoms with Crippen LogP contribution in [0.3, 0.4) is 0 Å². The fourth-order valence-electron chi connectivity index (χ4n) is 3.05. The molecule has 3 rings (SSSR count). The SMILES string of the molecule is O=C(C(CNCc1ccccc1O)c1ccccc1)N1CCOCC1. The first-order chi connectivity index (χ1) is 12.3. The summed E-state index contributed by atoms with van der Waals surface area (Å²) in [5.41, 5.74) is 1.83. The summed E-state index contributed by atoms with van der Waals surface area (Å²) in [4.78, 5) is 14.9. The van der Waals surface area contributed by atoms with Gasteiger partial charge in [0.05, 0.1) is 19.1 Å². The van der Waals surface area contributed by atoms with Crippen molar-refractivity contribution in [1.82, 2.24) is 10.2 Å². The van der Waals surface area contributed by atoms with Crippen molar-refractivity contribution in [1.29, 1.82) is 0 Å². The number of phenols is 1. The number of hydrogen-bond acceptors (Lipinski definition) is 4. The van der Waals surface area contributed by atoms with E-state index in [4.69, 9.17) is 4.74 Å². The Labute approximate surface area is 148 Å². The summed E-state index contributed by atoms with van der Waals surface area (Å²) in [6.45, 7) is 3.52. The lowest BCUT2D eigenvalue weighted by molar-refractivity contribution is -0.136. The molecule has 0 spiro atoms. The largest absolute Gasteiger partial charge is 0.508 e. The van der Waals surface area contributed by atoms with Gasteiger partial charge in [-0.15, -0.1) is 0 Å². The van der Waals surface area contributed by atoms with Gasteiger partial charge in [0.1, 0.15) is 5.75 Å². The zero-order chi connectivity index (χ0) is 17.5. The van der Waals surface area contributed by atoms with Crippen LogP contribution in [0.4, 0.5) is 0 Å². The van der Waals surface area contributed by atoms with Crippen LogP contribution >= 0.6 is 0 Å². The Morgan fingerprint density at radius 3 is 2.48 bits per heavy atom. The van der Waals surface area contributed by atoms with E-state index in [0.717, 1.165) is 11.1 Å². The smallest absolute Gasteiger partial charge is 0.231 e. The van der Waals surface area contributed by atoms with Gasteiger partial charge in [-0.25, -0.2) is 0 Å². The number of morpholine rings is 1. The third-order valence-electron chi connectivity index (χ3n) is 4.48. The van der Waals surface area contributed by atoms with Gasteiger partial charge in [-0.3, -0.25) is 4.79 Å². The van der Waals surface area contributed by atoms with Crippen molar-refractivity contribution in [2.45, 2.75) is 12.5 Å². The maximum atomic E-state index is 13.0. The Balaban J connectivity index is 1.68. The lowest BCUT2D eigenvalue weighted by Crippen LogP contribution is -2.45. The van der Waals surface area contributed by atoms with Gasteiger partial charge in [0.15, 0.2) is 0 Å². The Morgan fingerprint density at radius 2 is 1.76 bits per heavy atom. The Morgan fingerprint density at radius 1 is 1.08 bits per heavy atom. The number of aromatic hydroxyl groups is 1. The van der Waals surface area contributed by atoms with Crippen molar-refractivity contribution in [2.75, 3.05) is 32.8 Å². The number of para-hydroxylation sites is 1. The van der Waals surface area contributed by atoms with E-state index in [1.807, 2.05) is 47.4 Å². The lowest BCUT2D eigenvalue weighted by Gasteiger charge is -2.30. The van der Waals surface area contributed by atoms with Crippen LogP contribution in [0.15, 0.2) is 54.6 Å². The van der Waals surface area contributed by atoms with Crippen molar-refractivity contribution in [3.05, 3.63) is 65.7 Å². The molecule has 0 aliphatic carbocycles. The predicted molar refractivity (Wildman–Crippen MR) is 96.4 cm³/mol. The number of benzene rings is 2. The van der Waals surface area contributed by atoms with E-state index in [2.05, 4.69) is 5.32 Å². The Bertz CT molecular complexity index is 684. The zero-order valence-electron chi connectivity index (χ0n) is 14.2. The van der Waals surface area contributed by atoms with Crippen LogP contribution in [0.1, 0.15) is 17.0 Å². The second-order valence-corrected chi connectivity index (χ2v) is 6.16. The number of hydrogen-bond donors (Lipinski definition) is 2. The number of nitrogens with zero attached hydrogens (tertiary/aromatic N) is 1. The molecule has 2 aromatic rings. The summed E-state index contributed by atoms with van der Waals surface area (Å²) >= 11 is 0. The molecule has 132 valence electrons. The number of carbonyl (C=O) groups excluding carboxylic acids is 1. The van der Waals surface area contributed by atoms with Crippen molar-refractivity contribution < 1.29 is 14.6 Å². The normalized spacial score (nSPS) is 15.8. The fraction of sp³-hybridized carbons (Fsp3) is 0.350. The van der Waals surface area contributed by atoms with Crippen molar-refractivity contribution in [3.8, 4) is 5.75 Å². The molecule has 0 bridgehead atoms. The van der Waals surface area contributed by atoms with Gasteiger partial charge in [0, 0.05) is 31.7 Å². The highest BCUT2D eigenvalue weighted by Gasteiger charge is 2.26. The molecule has 0 saturated carbocycles. The van der Waals surface area contributed by atoms with Crippen LogP contribution in [-0.2, 0) is 16.1 Å². The summed E-state index contributed by atoms with van der Waals surface area (Å²) in [6.07, 6.45) is 0. The number of amides is 1. The molecule has 2 N–H and O–H groups in total. The van der Waals surface area contributed by atoms with Crippen LogP contribution in [0, 0.1) is 0 Å². The van der Waals surface area contributed by atoms with E-state index in [1.54, 1.807) is 12.1 Å². The minimum absolute atomic E-state index is 0.124. The molecule has 1 saturated heterocycles. The van der Waals surface area contributed by atoms with E-state index in [-0.39, 0.29) is 17.6 Å². The highest BCUT2D eigenvalue weighted by Crippen LogP contribution is 2.20. The van der Waals surface area contributed by atoms with Crippen molar-refractivity contribution in [2.24, 2.45) is 0 Å². The van der Waals surface area contributed by atoms with E-state index in [0.29, 0.717) is 39.4 Å². The standard InChI is InChI=1S/C20H24N2O3/c23-19-9-5-4-8-17(19)14-21-15-18(16-6-2-1-3-7-16)20(24)22-10-12-25-13-11-22/h1-9,18,21,23H,10-15H2. The zero-order valence-corrected chi connectivity index (χ0v) is 14.2. The highest BCUT2D eigenvalue weighted by molar-refractivity contribution is 5.84. The third-order valence-corrected chi connectivity index (χ3v) is 4.48. The molecule has 1 aliphatic heterocycles. The molecule has 1 aliphatic rings. The minimum atomic E-state index is -0.245. The van der Waals surface area contributed by atoms with Crippen LogP contribution in [0.25, 0.3) is 0 Å². The predicted octanol–water partition coefficient (Wildman–Crippen LogP) is 2.12. The average Bonchev–Trinajstić information content (AvgIpc) is 2.67. The number of ether oxygens (including phenoxy) is 1. The lowest BCUT2D eigenvalue weighted by atomic mass is 9.97. The molecule has 1 fully saturated rings. The van der Waals surface area contributed by atoms with Gasteiger partial charge < -0.3 is 20.1 Å². The monoisotopic (exact) mass is 340 g/mol. The number of carbonyl (C=O) groups is 1. The summed E-state index contributed by atoms with van der Waals surface area (Å²) in [7, 11) is 0. The van der Waals surface area contributed by atoms with Crippen LogP contribution in [0.5, 0.6) is 5.75 Å². The second-order valence-electron chi connectivity index (χ2n) is 6.16. The van der Waals surface area contributed by atoms with Crippen LogP contribution in [-0.4, -0.2) is 48.8 Å².